The number of methoxy groups -OCH3 is 1. The summed E-state index contributed by atoms with van der Waals surface area (Å²) < 4.78 is 11.4. The Morgan fingerprint density at radius 1 is 1.00 bits per heavy atom. The highest BCUT2D eigenvalue weighted by Gasteiger charge is 2.17. The van der Waals surface area contributed by atoms with Crippen molar-refractivity contribution in [3.63, 3.8) is 0 Å². The van der Waals surface area contributed by atoms with E-state index in [2.05, 4.69) is 20.3 Å². The number of ether oxygens (including phenoxy) is 2. The first-order chi connectivity index (χ1) is 15.6. The molecular weight excluding hydrogens is 424 g/mol. The molecule has 1 amide bonds. The van der Waals surface area contributed by atoms with Gasteiger partial charge in [-0.2, -0.15) is 0 Å². The SMILES string of the molecule is COc1cc(CNC(=O)c2sc(-c3ncccn3)nc2C)ccc1OCc1ccccc1. The summed E-state index contributed by atoms with van der Waals surface area (Å²) in [5.74, 6) is 1.59. The molecule has 0 bridgehead atoms. The van der Waals surface area contributed by atoms with Gasteiger partial charge in [-0.05, 0) is 36.2 Å². The number of carbonyl (C=O) groups is 1. The summed E-state index contributed by atoms with van der Waals surface area (Å²) in [5, 5.41) is 3.56. The molecule has 0 unspecified atom stereocenters. The van der Waals surface area contributed by atoms with Crippen LogP contribution in [0.15, 0.2) is 67.0 Å². The molecule has 0 fully saturated rings. The van der Waals surface area contributed by atoms with Crippen LogP contribution in [0.3, 0.4) is 0 Å². The minimum atomic E-state index is -0.189. The molecule has 0 aliphatic carbocycles. The van der Waals surface area contributed by atoms with E-state index in [9.17, 15) is 4.79 Å². The van der Waals surface area contributed by atoms with Crippen LogP contribution >= 0.6 is 11.3 Å². The van der Waals surface area contributed by atoms with E-state index in [4.69, 9.17) is 9.47 Å². The van der Waals surface area contributed by atoms with E-state index in [1.54, 1.807) is 32.5 Å². The van der Waals surface area contributed by atoms with Crippen molar-refractivity contribution in [3.05, 3.63) is 88.7 Å². The molecule has 4 rings (SSSR count). The van der Waals surface area contributed by atoms with Crippen LogP contribution in [-0.4, -0.2) is 28.0 Å². The topological polar surface area (TPSA) is 86.2 Å². The number of benzene rings is 2. The summed E-state index contributed by atoms with van der Waals surface area (Å²) in [6, 6.07) is 17.3. The molecule has 0 aliphatic rings. The normalized spacial score (nSPS) is 10.6. The molecule has 0 atom stereocenters. The quantitative estimate of drug-likeness (QED) is 0.431. The number of hydrogen-bond acceptors (Lipinski definition) is 7. The zero-order valence-corrected chi connectivity index (χ0v) is 18.6. The van der Waals surface area contributed by atoms with Gasteiger partial charge in [0.2, 0.25) is 0 Å². The van der Waals surface area contributed by atoms with Crippen molar-refractivity contribution in [1.82, 2.24) is 20.3 Å². The number of carbonyl (C=O) groups excluding carboxylic acids is 1. The molecule has 7 nitrogen and oxygen atoms in total. The third-order valence-electron chi connectivity index (χ3n) is 4.68. The largest absolute Gasteiger partial charge is 0.493 e. The first-order valence-electron chi connectivity index (χ1n) is 10.0. The maximum atomic E-state index is 12.7. The van der Waals surface area contributed by atoms with E-state index in [1.165, 1.54) is 11.3 Å². The van der Waals surface area contributed by atoms with Crippen molar-refractivity contribution in [2.24, 2.45) is 0 Å². The van der Waals surface area contributed by atoms with Crippen molar-refractivity contribution in [1.29, 1.82) is 0 Å². The number of hydrogen-bond donors (Lipinski definition) is 1. The fourth-order valence-corrected chi connectivity index (χ4v) is 3.98. The van der Waals surface area contributed by atoms with Gasteiger partial charge in [0.05, 0.1) is 12.8 Å². The van der Waals surface area contributed by atoms with Crippen LogP contribution in [0.1, 0.15) is 26.5 Å². The van der Waals surface area contributed by atoms with E-state index >= 15 is 0 Å². The Kier molecular flexibility index (Phi) is 6.72. The number of amides is 1. The second-order valence-corrected chi connectivity index (χ2v) is 7.95. The van der Waals surface area contributed by atoms with Gasteiger partial charge in [-0.25, -0.2) is 15.0 Å². The molecule has 1 N–H and O–H groups in total. The van der Waals surface area contributed by atoms with E-state index < -0.39 is 0 Å². The Morgan fingerprint density at radius 3 is 2.53 bits per heavy atom. The molecule has 0 saturated heterocycles. The number of nitrogens with one attached hydrogen (secondary N) is 1. The maximum Gasteiger partial charge on any atom is 0.263 e. The zero-order valence-electron chi connectivity index (χ0n) is 17.7. The Bertz CT molecular complexity index is 1200. The second-order valence-electron chi connectivity index (χ2n) is 6.95. The van der Waals surface area contributed by atoms with Crippen molar-refractivity contribution in [3.8, 4) is 22.3 Å². The van der Waals surface area contributed by atoms with Gasteiger partial charge in [-0.15, -0.1) is 11.3 Å². The number of thiazole rings is 1. The molecule has 32 heavy (non-hydrogen) atoms. The van der Waals surface area contributed by atoms with Gasteiger partial charge < -0.3 is 14.8 Å². The predicted molar refractivity (Wildman–Crippen MR) is 123 cm³/mol. The Labute approximate surface area is 190 Å². The monoisotopic (exact) mass is 446 g/mol. The van der Waals surface area contributed by atoms with Crippen LogP contribution in [0.25, 0.3) is 10.8 Å². The van der Waals surface area contributed by atoms with Gasteiger partial charge in [-0.1, -0.05) is 36.4 Å². The lowest BCUT2D eigenvalue weighted by molar-refractivity contribution is 0.0954. The van der Waals surface area contributed by atoms with Crippen LogP contribution in [0, 0.1) is 6.92 Å². The Balaban J connectivity index is 1.40. The first-order valence-corrected chi connectivity index (χ1v) is 10.8. The van der Waals surface area contributed by atoms with Gasteiger partial charge in [0.1, 0.15) is 11.5 Å². The summed E-state index contributed by atoms with van der Waals surface area (Å²) in [6.07, 6.45) is 3.30. The van der Waals surface area contributed by atoms with Gasteiger partial charge in [0.25, 0.3) is 5.91 Å². The summed E-state index contributed by atoms with van der Waals surface area (Å²) >= 11 is 1.28. The smallest absolute Gasteiger partial charge is 0.263 e. The predicted octanol–water partition coefficient (Wildman–Crippen LogP) is 4.43. The lowest BCUT2D eigenvalue weighted by Gasteiger charge is -2.13. The van der Waals surface area contributed by atoms with Crippen molar-refractivity contribution >= 4 is 17.2 Å². The average molecular weight is 447 g/mol. The van der Waals surface area contributed by atoms with Gasteiger partial charge in [0.15, 0.2) is 22.3 Å². The molecule has 0 aliphatic heterocycles. The number of aryl methyl sites for hydroxylation is 1. The summed E-state index contributed by atoms with van der Waals surface area (Å²) in [4.78, 5) is 26.1. The highest BCUT2D eigenvalue weighted by atomic mass is 32.1. The Hall–Kier alpha value is -3.78. The minimum Gasteiger partial charge on any atom is -0.493 e. The van der Waals surface area contributed by atoms with Crippen LogP contribution in [0.2, 0.25) is 0 Å². The lowest BCUT2D eigenvalue weighted by Crippen LogP contribution is -2.22. The van der Waals surface area contributed by atoms with E-state index in [0.29, 0.717) is 46.1 Å². The minimum absolute atomic E-state index is 0.189. The molecule has 0 saturated carbocycles. The van der Waals surface area contributed by atoms with Crippen LogP contribution in [0.4, 0.5) is 0 Å². The number of rotatable bonds is 8. The zero-order chi connectivity index (χ0) is 22.3. The van der Waals surface area contributed by atoms with Crippen LogP contribution in [-0.2, 0) is 13.2 Å². The van der Waals surface area contributed by atoms with E-state index in [0.717, 1.165) is 11.1 Å². The molecule has 162 valence electrons. The molecular formula is C24H22N4O3S. The maximum absolute atomic E-state index is 12.7. The molecule has 4 aromatic rings. The van der Waals surface area contributed by atoms with Gasteiger partial charge in [0, 0.05) is 18.9 Å². The summed E-state index contributed by atoms with van der Waals surface area (Å²) in [6.45, 7) is 2.60. The molecule has 2 heterocycles. The second kappa shape index (κ2) is 10.0. The highest BCUT2D eigenvalue weighted by molar-refractivity contribution is 7.17. The lowest BCUT2D eigenvalue weighted by atomic mass is 10.2. The summed E-state index contributed by atoms with van der Waals surface area (Å²) in [5.41, 5.74) is 2.62. The third-order valence-corrected chi connectivity index (χ3v) is 5.83. The molecule has 0 spiro atoms. The third kappa shape index (κ3) is 5.09. The standard InChI is InChI=1S/C24H22N4O3S/c1-16-21(32-24(28-16)22-25-11-6-12-26-22)23(29)27-14-18-9-10-19(20(13-18)30-2)31-15-17-7-4-3-5-8-17/h3-13H,14-15H2,1-2H3,(H,27,29). The molecule has 2 aromatic carbocycles. The first kappa shape index (κ1) is 21.5. The van der Waals surface area contributed by atoms with Gasteiger partial charge in [-0.3, -0.25) is 4.79 Å². The van der Waals surface area contributed by atoms with Crippen molar-refractivity contribution < 1.29 is 14.3 Å². The van der Waals surface area contributed by atoms with Gasteiger partial charge >= 0.3 is 0 Å². The van der Waals surface area contributed by atoms with E-state index in [1.807, 2.05) is 48.5 Å². The Morgan fingerprint density at radius 2 is 1.78 bits per heavy atom. The fraction of sp³-hybridized carbons (Fsp3) is 0.167. The molecule has 2 aromatic heterocycles. The average Bonchev–Trinajstić information content (AvgIpc) is 3.24. The number of aromatic nitrogens is 3. The van der Waals surface area contributed by atoms with Crippen molar-refractivity contribution in [2.75, 3.05) is 7.11 Å². The van der Waals surface area contributed by atoms with Crippen molar-refractivity contribution in [2.45, 2.75) is 20.1 Å². The van der Waals surface area contributed by atoms with Crippen LogP contribution in [0.5, 0.6) is 11.5 Å². The number of nitrogens with zero attached hydrogens (tertiary/aromatic N) is 3. The van der Waals surface area contributed by atoms with E-state index in [-0.39, 0.29) is 5.91 Å². The fourth-order valence-electron chi connectivity index (χ4n) is 3.05. The molecule has 8 heteroatoms. The van der Waals surface area contributed by atoms with Crippen LogP contribution < -0.4 is 14.8 Å². The molecule has 0 radical (unpaired) electrons. The summed E-state index contributed by atoms with van der Waals surface area (Å²) in [7, 11) is 1.60. The highest BCUT2D eigenvalue weighted by Crippen LogP contribution is 2.29.